The van der Waals surface area contributed by atoms with Crippen molar-refractivity contribution in [3.63, 3.8) is 0 Å². The summed E-state index contributed by atoms with van der Waals surface area (Å²) in [5, 5.41) is 4.43. The highest BCUT2D eigenvalue weighted by Gasteiger charge is 2.01. The Labute approximate surface area is 110 Å². The zero-order valence-corrected chi connectivity index (χ0v) is 10.6. The number of thiocarbonyl (C=S) groups is 1. The number of ether oxygens (including phenoxy) is 1. The summed E-state index contributed by atoms with van der Waals surface area (Å²) < 4.78 is 5.33. The molecule has 0 spiro atoms. The highest BCUT2D eigenvalue weighted by Crippen LogP contribution is 2.24. The summed E-state index contributed by atoms with van der Waals surface area (Å²) in [6, 6.07) is 5.30. The van der Waals surface area contributed by atoms with Crippen LogP contribution in [0.25, 0.3) is 0 Å². The van der Waals surface area contributed by atoms with E-state index in [4.69, 9.17) is 22.1 Å². The van der Waals surface area contributed by atoms with Crippen molar-refractivity contribution in [3.8, 4) is 5.75 Å². The van der Waals surface area contributed by atoms with Gasteiger partial charge in [0.05, 0.1) is 11.2 Å². The first-order valence-corrected chi connectivity index (χ1v) is 5.54. The number of nitrogens with zero attached hydrogens (tertiary/aromatic N) is 1. The zero-order chi connectivity index (χ0) is 12.7. The van der Waals surface area contributed by atoms with Gasteiger partial charge in [0.15, 0.2) is 5.11 Å². The lowest BCUT2D eigenvalue weighted by Crippen LogP contribution is -2.23. The molecule has 0 aliphatic heterocycles. The second-order valence-corrected chi connectivity index (χ2v) is 3.87. The van der Waals surface area contributed by atoms with E-state index in [0.29, 0.717) is 17.4 Å². The molecule has 0 heterocycles. The van der Waals surface area contributed by atoms with Crippen molar-refractivity contribution >= 4 is 35.1 Å². The van der Waals surface area contributed by atoms with Crippen LogP contribution in [-0.4, -0.2) is 17.9 Å². The Hall–Kier alpha value is -1.59. The third-order valence-corrected chi connectivity index (χ3v) is 2.09. The minimum Gasteiger partial charge on any atom is -0.488 e. The minimum absolute atomic E-state index is 0.110. The summed E-state index contributed by atoms with van der Waals surface area (Å²) in [6.45, 7) is 3.97. The third-order valence-electron chi connectivity index (χ3n) is 1.70. The number of hydrogen-bond acceptors (Lipinski definition) is 3. The first-order valence-electron chi connectivity index (χ1n) is 4.75. The molecular formula is C11H12ClN3OS. The summed E-state index contributed by atoms with van der Waals surface area (Å²) in [5.41, 5.74) is 8.48. The van der Waals surface area contributed by atoms with E-state index in [-0.39, 0.29) is 5.11 Å². The molecule has 0 fully saturated rings. The van der Waals surface area contributed by atoms with Gasteiger partial charge in [-0.25, -0.2) is 0 Å². The number of nitrogens with two attached hydrogens (primary N) is 1. The maximum atomic E-state index is 6.01. The second-order valence-electron chi connectivity index (χ2n) is 3.02. The molecule has 0 saturated carbocycles. The molecular weight excluding hydrogens is 258 g/mol. The fourth-order valence-corrected chi connectivity index (χ4v) is 1.33. The van der Waals surface area contributed by atoms with Gasteiger partial charge in [0.25, 0.3) is 0 Å². The molecule has 1 aromatic carbocycles. The van der Waals surface area contributed by atoms with Crippen LogP contribution in [-0.2, 0) is 0 Å². The molecule has 0 aromatic heterocycles. The zero-order valence-electron chi connectivity index (χ0n) is 9.02. The Morgan fingerprint density at radius 2 is 2.41 bits per heavy atom. The molecule has 90 valence electrons. The highest BCUT2D eigenvalue weighted by molar-refractivity contribution is 7.80. The monoisotopic (exact) mass is 269 g/mol. The lowest BCUT2D eigenvalue weighted by molar-refractivity contribution is 0.363. The Morgan fingerprint density at radius 1 is 1.65 bits per heavy atom. The first-order chi connectivity index (χ1) is 8.13. The summed E-state index contributed by atoms with van der Waals surface area (Å²) in [5.74, 6) is 0.603. The van der Waals surface area contributed by atoms with Crippen LogP contribution in [0.1, 0.15) is 5.56 Å². The standard InChI is InChI=1S/C11H12ClN3OS/c1-2-5-16-10-4-3-8(6-9(10)12)7-14-15-11(13)17/h2-4,6-7H,1,5H2,(H3,13,15,17). The lowest BCUT2D eigenvalue weighted by atomic mass is 10.2. The molecule has 0 atom stereocenters. The summed E-state index contributed by atoms with van der Waals surface area (Å²) in [6.07, 6.45) is 3.21. The quantitative estimate of drug-likeness (QED) is 0.372. The average molecular weight is 270 g/mol. The largest absolute Gasteiger partial charge is 0.488 e. The SMILES string of the molecule is C=CCOc1ccc(C=NNC(N)=S)cc1Cl. The summed E-state index contributed by atoms with van der Waals surface area (Å²) in [4.78, 5) is 0. The van der Waals surface area contributed by atoms with Crippen molar-refractivity contribution in [2.75, 3.05) is 6.61 Å². The molecule has 1 rings (SSSR count). The molecule has 0 radical (unpaired) electrons. The molecule has 6 heteroatoms. The van der Waals surface area contributed by atoms with E-state index < -0.39 is 0 Å². The van der Waals surface area contributed by atoms with E-state index in [1.54, 1.807) is 24.4 Å². The normalized spacial score (nSPS) is 10.2. The van der Waals surface area contributed by atoms with Gasteiger partial charge < -0.3 is 10.5 Å². The molecule has 0 aliphatic rings. The molecule has 3 N–H and O–H groups in total. The average Bonchev–Trinajstić information content (AvgIpc) is 2.27. The maximum absolute atomic E-state index is 6.01. The summed E-state index contributed by atoms with van der Waals surface area (Å²) in [7, 11) is 0. The fourth-order valence-electron chi connectivity index (χ4n) is 1.03. The molecule has 0 unspecified atom stereocenters. The van der Waals surface area contributed by atoms with Gasteiger partial charge in [-0.1, -0.05) is 24.3 Å². The van der Waals surface area contributed by atoms with Crippen molar-refractivity contribution < 1.29 is 4.74 Å². The van der Waals surface area contributed by atoms with Crippen LogP contribution in [0.3, 0.4) is 0 Å². The van der Waals surface area contributed by atoms with Gasteiger partial charge in [0.1, 0.15) is 12.4 Å². The Morgan fingerprint density at radius 3 is 3.00 bits per heavy atom. The number of nitrogens with one attached hydrogen (secondary N) is 1. The molecule has 17 heavy (non-hydrogen) atoms. The van der Waals surface area contributed by atoms with Crippen molar-refractivity contribution in [2.24, 2.45) is 10.8 Å². The van der Waals surface area contributed by atoms with Gasteiger partial charge in [-0.2, -0.15) is 5.10 Å². The minimum atomic E-state index is 0.110. The predicted octanol–water partition coefficient (Wildman–Crippen LogP) is 2.07. The van der Waals surface area contributed by atoms with Crippen LogP contribution >= 0.6 is 23.8 Å². The van der Waals surface area contributed by atoms with Crippen molar-refractivity contribution in [3.05, 3.63) is 41.4 Å². The van der Waals surface area contributed by atoms with Gasteiger partial charge in [-0.05, 0) is 36.0 Å². The number of benzene rings is 1. The topological polar surface area (TPSA) is 59.6 Å². The fraction of sp³-hybridized carbons (Fsp3) is 0.0909. The lowest BCUT2D eigenvalue weighted by Gasteiger charge is -2.05. The maximum Gasteiger partial charge on any atom is 0.184 e. The number of hydrazone groups is 1. The van der Waals surface area contributed by atoms with Gasteiger partial charge in [-0.3, -0.25) is 5.43 Å². The van der Waals surface area contributed by atoms with E-state index in [0.717, 1.165) is 5.56 Å². The van der Waals surface area contributed by atoms with Gasteiger partial charge in [0.2, 0.25) is 0 Å². The summed E-state index contributed by atoms with van der Waals surface area (Å²) >= 11 is 10.6. The molecule has 0 bridgehead atoms. The molecule has 0 amide bonds. The smallest absolute Gasteiger partial charge is 0.184 e. The highest BCUT2D eigenvalue weighted by atomic mass is 35.5. The number of halogens is 1. The number of hydrogen-bond donors (Lipinski definition) is 2. The van der Waals surface area contributed by atoms with Gasteiger partial charge in [0, 0.05) is 0 Å². The predicted molar refractivity (Wildman–Crippen MR) is 74.7 cm³/mol. The van der Waals surface area contributed by atoms with Gasteiger partial charge >= 0.3 is 0 Å². The second kappa shape index (κ2) is 6.88. The Bertz CT molecular complexity index is 448. The van der Waals surface area contributed by atoms with Crippen LogP contribution in [0, 0.1) is 0 Å². The van der Waals surface area contributed by atoms with Crippen LogP contribution in [0.5, 0.6) is 5.75 Å². The molecule has 4 nitrogen and oxygen atoms in total. The van der Waals surface area contributed by atoms with E-state index in [1.165, 1.54) is 0 Å². The van der Waals surface area contributed by atoms with Crippen molar-refractivity contribution in [1.29, 1.82) is 0 Å². The Kier molecular flexibility index (Phi) is 5.45. The van der Waals surface area contributed by atoms with E-state index in [9.17, 15) is 0 Å². The Balaban J connectivity index is 2.71. The van der Waals surface area contributed by atoms with Crippen LogP contribution in [0.15, 0.2) is 36.0 Å². The van der Waals surface area contributed by atoms with Crippen molar-refractivity contribution in [1.82, 2.24) is 5.43 Å². The molecule has 1 aromatic rings. The van der Waals surface area contributed by atoms with E-state index >= 15 is 0 Å². The number of rotatable bonds is 5. The molecule has 0 aliphatic carbocycles. The van der Waals surface area contributed by atoms with Crippen molar-refractivity contribution in [2.45, 2.75) is 0 Å². The third kappa shape index (κ3) is 4.84. The van der Waals surface area contributed by atoms with Crippen LogP contribution < -0.4 is 15.9 Å². The van der Waals surface area contributed by atoms with E-state index in [1.807, 2.05) is 6.07 Å². The first kappa shape index (κ1) is 13.5. The van der Waals surface area contributed by atoms with Gasteiger partial charge in [-0.15, -0.1) is 0 Å². The van der Waals surface area contributed by atoms with Crippen LogP contribution in [0.2, 0.25) is 5.02 Å². The van der Waals surface area contributed by atoms with E-state index in [2.05, 4.69) is 29.3 Å². The van der Waals surface area contributed by atoms with Crippen LogP contribution in [0.4, 0.5) is 0 Å². The molecule has 0 saturated heterocycles.